The maximum absolute atomic E-state index is 5.43. The van der Waals surface area contributed by atoms with Gasteiger partial charge in [-0.2, -0.15) is 0 Å². The van der Waals surface area contributed by atoms with Crippen LogP contribution < -0.4 is 10.6 Å². The van der Waals surface area contributed by atoms with Crippen LogP contribution in [-0.4, -0.2) is 63.3 Å². The van der Waals surface area contributed by atoms with Crippen LogP contribution >= 0.6 is 0 Å². The lowest BCUT2D eigenvalue weighted by Gasteiger charge is -2.29. The average Bonchev–Trinajstić information content (AvgIpc) is 2.65. The number of morpholine rings is 1. The summed E-state index contributed by atoms with van der Waals surface area (Å²) in [6.45, 7) is 16.4. The second-order valence-electron chi connectivity index (χ2n) is 7.84. The smallest absolute Gasteiger partial charge is 0.191 e. The van der Waals surface area contributed by atoms with E-state index in [0.717, 1.165) is 58.4 Å². The summed E-state index contributed by atoms with van der Waals surface area (Å²) in [5.41, 5.74) is 1.34. The minimum absolute atomic E-state index is 0.0169. The van der Waals surface area contributed by atoms with Crippen molar-refractivity contribution in [1.82, 2.24) is 15.5 Å². The molecule has 1 fully saturated rings. The molecule has 0 amide bonds. The lowest BCUT2D eigenvalue weighted by Crippen LogP contribution is -2.44. The Labute approximate surface area is 159 Å². The molecule has 1 heterocycles. The molecule has 1 aliphatic rings. The standard InChI is InChI=1S/C21H36N4O/c1-5-22-20(23-15-18(2)16-25-11-13-26-14-12-25)24-17-21(3,4)19-9-7-6-8-10-19/h6-10,18H,5,11-17H2,1-4H3,(H2,22,23,24). The molecule has 26 heavy (non-hydrogen) atoms. The van der Waals surface area contributed by atoms with Gasteiger partial charge in [-0.25, -0.2) is 0 Å². The average molecular weight is 361 g/mol. The van der Waals surface area contributed by atoms with Gasteiger partial charge < -0.3 is 15.4 Å². The van der Waals surface area contributed by atoms with Crippen molar-refractivity contribution in [2.24, 2.45) is 10.9 Å². The summed E-state index contributed by atoms with van der Waals surface area (Å²) in [6.07, 6.45) is 0. The molecule has 0 aromatic heterocycles. The molecular weight excluding hydrogens is 324 g/mol. The molecule has 0 saturated carbocycles. The van der Waals surface area contributed by atoms with Gasteiger partial charge in [0, 0.05) is 38.1 Å². The highest BCUT2D eigenvalue weighted by Gasteiger charge is 2.20. The number of benzene rings is 1. The first-order valence-corrected chi connectivity index (χ1v) is 9.89. The van der Waals surface area contributed by atoms with Crippen LogP contribution in [0.3, 0.4) is 0 Å². The van der Waals surface area contributed by atoms with Crippen molar-refractivity contribution >= 4 is 5.96 Å². The number of rotatable bonds is 8. The third-order valence-electron chi connectivity index (χ3n) is 4.82. The van der Waals surface area contributed by atoms with Gasteiger partial charge in [0.05, 0.1) is 19.8 Å². The first-order chi connectivity index (χ1) is 12.5. The van der Waals surface area contributed by atoms with Crippen molar-refractivity contribution in [3.8, 4) is 0 Å². The molecule has 0 radical (unpaired) electrons. The van der Waals surface area contributed by atoms with Gasteiger partial charge in [-0.1, -0.05) is 51.1 Å². The Morgan fingerprint density at radius 3 is 2.54 bits per heavy atom. The van der Waals surface area contributed by atoms with Crippen LogP contribution in [0.1, 0.15) is 33.3 Å². The van der Waals surface area contributed by atoms with Crippen molar-refractivity contribution in [2.75, 3.05) is 52.5 Å². The van der Waals surface area contributed by atoms with E-state index in [-0.39, 0.29) is 5.41 Å². The van der Waals surface area contributed by atoms with Crippen LogP contribution in [0.2, 0.25) is 0 Å². The molecule has 1 aliphatic heterocycles. The van der Waals surface area contributed by atoms with Crippen molar-refractivity contribution in [1.29, 1.82) is 0 Å². The fraction of sp³-hybridized carbons (Fsp3) is 0.667. The van der Waals surface area contributed by atoms with Gasteiger partial charge in [0.25, 0.3) is 0 Å². The Morgan fingerprint density at radius 1 is 1.19 bits per heavy atom. The predicted octanol–water partition coefficient (Wildman–Crippen LogP) is 2.49. The van der Waals surface area contributed by atoms with E-state index in [1.54, 1.807) is 0 Å². The van der Waals surface area contributed by atoms with E-state index < -0.39 is 0 Å². The van der Waals surface area contributed by atoms with E-state index in [1.165, 1.54) is 5.56 Å². The fourth-order valence-electron chi connectivity index (χ4n) is 3.16. The molecule has 146 valence electrons. The van der Waals surface area contributed by atoms with E-state index in [4.69, 9.17) is 9.73 Å². The Hall–Kier alpha value is -1.59. The van der Waals surface area contributed by atoms with E-state index in [2.05, 4.69) is 73.6 Å². The molecule has 1 aromatic carbocycles. The third kappa shape index (κ3) is 6.96. The molecule has 2 N–H and O–H groups in total. The highest BCUT2D eigenvalue weighted by atomic mass is 16.5. The van der Waals surface area contributed by atoms with Gasteiger partial charge >= 0.3 is 0 Å². The predicted molar refractivity (Wildman–Crippen MR) is 110 cm³/mol. The molecule has 5 heteroatoms. The zero-order valence-corrected chi connectivity index (χ0v) is 16.9. The SMILES string of the molecule is CCNC(=NCC(C)(C)c1ccccc1)NCC(C)CN1CCOCC1. The molecule has 1 saturated heterocycles. The number of nitrogens with one attached hydrogen (secondary N) is 2. The number of ether oxygens (including phenoxy) is 1. The van der Waals surface area contributed by atoms with Crippen molar-refractivity contribution in [3.05, 3.63) is 35.9 Å². The molecule has 2 rings (SSSR count). The number of aliphatic imine (C=N–C) groups is 1. The van der Waals surface area contributed by atoms with E-state index >= 15 is 0 Å². The van der Waals surface area contributed by atoms with Crippen LogP contribution in [0.4, 0.5) is 0 Å². The highest BCUT2D eigenvalue weighted by Crippen LogP contribution is 2.22. The van der Waals surface area contributed by atoms with Gasteiger partial charge in [0.2, 0.25) is 0 Å². The summed E-state index contributed by atoms with van der Waals surface area (Å²) in [5, 5.41) is 6.89. The summed E-state index contributed by atoms with van der Waals surface area (Å²) >= 11 is 0. The number of hydrogen-bond donors (Lipinski definition) is 2. The molecule has 1 aromatic rings. The zero-order chi connectivity index (χ0) is 18.8. The monoisotopic (exact) mass is 360 g/mol. The largest absolute Gasteiger partial charge is 0.379 e. The van der Waals surface area contributed by atoms with Crippen LogP contribution in [-0.2, 0) is 10.2 Å². The first-order valence-electron chi connectivity index (χ1n) is 9.89. The number of nitrogens with zero attached hydrogens (tertiary/aromatic N) is 2. The maximum Gasteiger partial charge on any atom is 0.191 e. The van der Waals surface area contributed by atoms with Crippen LogP contribution in [0.25, 0.3) is 0 Å². The van der Waals surface area contributed by atoms with Gasteiger partial charge in [-0.15, -0.1) is 0 Å². The summed E-state index contributed by atoms with van der Waals surface area (Å²) in [7, 11) is 0. The maximum atomic E-state index is 5.43. The van der Waals surface area contributed by atoms with Gasteiger partial charge in [0.1, 0.15) is 0 Å². The minimum atomic E-state index is 0.0169. The van der Waals surface area contributed by atoms with Crippen molar-refractivity contribution in [3.63, 3.8) is 0 Å². The second-order valence-corrected chi connectivity index (χ2v) is 7.84. The van der Waals surface area contributed by atoms with E-state index in [0.29, 0.717) is 5.92 Å². The Bertz CT molecular complexity index is 538. The molecule has 0 bridgehead atoms. The fourth-order valence-corrected chi connectivity index (χ4v) is 3.16. The summed E-state index contributed by atoms with van der Waals surface area (Å²) in [4.78, 5) is 7.33. The molecule has 1 unspecified atom stereocenters. The topological polar surface area (TPSA) is 48.9 Å². The van der Waals surface area contributed by atoms with E-state index in [9.17, 15) is 0 Å². The number of guanidine groups is 1. The third-order valence-corrected chi connectivity index (χ3v) is 4.82. The number of hydrogen-bond acceptors (Lipinski definition) is 3. The molecule has 1 atom stereocenters. The minimum Gasteiger partial charge on any atom is -0.379 e. The zero-order valence-electron chi connectivity index (χ0n) is 16.9. The Balaban J connectivity index is 1.85. The van der Waals surface area contributed by atoms with Crippen LogP contribution in [0, 0.1) is 5.92 Å². The first kappa shape index (κ1) is 20.7. The van der Waals surface area contributed by atoms with Crippen LogP contribution in [0.15, 0.2) is 35.3 Å². The van der Waals surface area contributed by atoms with Gasteiger partial charge in [-0.05, 0) is 18.4 Å². The lowest BCUT2D eigenvalue weighted by atomic mass is 9.85. The quantitative estimate of drug-likeness (QED) is 0.552. The summed E-state index contributed by atoms with van der Waals surface area (Å²) < 4.78 is 5.43. The molecule has 0 spiro atoms. The highest BCUT2D eigenvalue weighted by molar-refractivity contribution is 5.79. The lowest BCUT2D eigenvalue weighted by molar-refractivity contribution is 0.0320. The molecule has 5 nitrogen and oxygen atoms in total. The summed E-state index contributed by atoms with van der Waals surface area (Å²) in [6, 6.07) is 10.6. The van der Waals surface area contributed by atoms with Gasteiger partial charge in [0.15, 0.2) is 5.96 Å². The second kappa shape index (κ2) is 10.5. The van der Waals surface area contributed by atoms with Crippen molar-refractivity contribution < 1.29 is 4.74 Å². The normalized spacial score (nSPS) is 17.8. The Morgan fingerprint density at radius 2 is 1.88 bits per heavy atom. The molecular formula is C21H36N4O. The summed E-state index contributed by atoms with van der Waals surface area (Å²) in [5.74, 6) is 1.48. The molecule has 0 aliphatic carbocycles. The van der Waals surface area contributed by atoms with Gasteiger partial charge in [-0.3, -0.25) is 9.89 Å². The Kier molecular flexibility index (Phi) is 8.39. The van der Waals surface area contributed by atoms with Crippen molar-refractivity contribution in [2.45, 2.75) is 33.1 Å². The van der Waals surface area contributed by atoms with E-state index in [1.807, 2.05) is 0 Å². The van der Waals surface area contributed by atoms with Crippen LogP contribution in [0.5, 0.6) is 0 Å².